The van der Waals surface area contributed by atoms with Crippen molar-refractivity contribution in [3.8, 4) is 11.5 Å². The molecule has 0 radical (unpaired) electrons. The number of carbonyl (C=O) groups excluding carboxylic acids is 1. The number of carbonyl (C=O) groups is 1. The standard InChI is InChI=1S/C28H36N2O3/c1-5-6-7-8-11-18-33-24-15-14-21(19-25(24)32-4)16-17-28-27(2,3)22-12-9-10-13-23(22)30(28)20-26(31)29-28/h9-10,12-17,19H,5-8,11,18,20H2,1-4H3,(H,29,31)/b17-16+. The zero-order valence-corrected chi connectivity index (χ0v) is 20.3. The molecule has 1 fully saturated rings. The predicted octanol–water partition coefficient (Wildman–Crippen LogP) is 5.68. The van der Waals surface area contributed by atoms with Crippen LogP contribution in [0.5, 0.6) is 11.5 Å². The van der Waals surface area contributed by atoms with Crippen LogP contribution in [0.2, 0.25) is 0 Å². The summed E-state index contributed by atoms with van der Waals surface area (Å²) in [4.78, 5) is 14.7. The van der Waals surface area contributed by atoms with Gasteiger partial charge < -0.3 is 19.7 Å². The third-order valence-electron chi connectivity index (χ3n) is 7.09. The highest BCUT2D eigenvalue weighted by molar-refractivity contribution is 5.91. The summed E-state index contributed by atoms with van der Waals surface area (Å²) in [6.07, 6.45) is 10.2. The zero-order chi connectivity index (χ0) is 23.5. The SMILES string of the molecule is CCCCCCCOc1ccc(/C=C/C23NC(=O)CN2c2ccccc2C3(C)C)cc1OC. The Labute approximate surface area is 197 Å². The van der Waals surface area contributed by atoms with Crippen molar-refractivity contribution in [1.82, 2.24) is 5.32 Å². The minimum atomic E-state index is -0.603. The normalized spacial score (nSPS) is 20.6. The lowest BCUT2D eigenvalue weighted by Crippen LogP contribution is -2.58. The van der Waals surface area contributed by atoms with Crippen LogP contribution in [0, 0.1) is 0 Å². The molecule has 2 aliphatic heterocycles. The fourth-order valence-electron chi connectivity index (χ4n) is 5.15. The Bertz CT molecular complexity index is 1030. The summed E-state index contributed by atoms with van der Waals surface area (Å²) in [5.74, 6) is 1.54. The first-order chi connectivity index (χ1) is 15.9. The molecule has 1 amide bonds. The maximum absolute atomic E-state index is 12.5. The van der Waals surface area contributed by atoms with Gasteiger partial charge in [-0.05, 0) is 41.8 Å². The summed E-state index contributed by atoms with van der Waals surface area (Å²) in [7, 11) is 1.67. The van der Waals surface area contributed by atoms with Gasteiger partial charge in [0.1, 0.15) is 5.66 Å². The van der Waals surface area contributed by atoms with Gasteiger partial charge in [0, 0.05) is 11.1 Å². The van der Waals surface area contributed by atoms with E-state index in [2.05, 4.69) is 61.3 Å². The topological polar surface area (TPSA) is 50.8 Å². The minimum absolute atomic E-state index is 0.0440. The Kier molecular flexibility index (Phi) is 6.68. The van der Waals surface area contributed by atoms with E-state index in [1.54, 1.807) is 7.11 Å². The fraction of sp³-hybridized carbons (Fsp3) is 0.464. The molecule has 0 saturated carbocycles. The molecule has 2 aromatic rings. The highest BCUT2D eigenvalue weighted by atomic mass is 16.5. The molecule has 1 unspecified atom stereocenters. The molecule has 5 heteroatoms. The van der Waals surface area contributed by atoms with Gasteiger partial charge in [0.15, 0.2) is 11.5 Å². The number of para-hydroxylation sites is 1. The van der Waals surface area contributed by atoms with Crippen LogP contribution in [-0.2, 0) is 10.2 Å². The van der Waals surface area contributed by atoms with Crippen LogP contribution < -0.4 is 19.7 Å². The molecule has 33 heavy (non-hydrogen) atoms. The summed E-state index contributed by atoms with van der Waals surface area (Å²) in [6.45, 7) is 7.67. The lowest BCUT2D eigenvalue weighted by Gasteiger charge is -2.40. The highest BCUT2D eigenvalue weighted by Gasteiger charge is 2.59. The van der Waals surface area contributed by atoms with Crippen molar-refractivity contribution in [3.63, 3.8) is 0 Å². The number of methoxy groups -OCH3 is 1. The Morgan fingerprint density at radius 2 is 1.85 bits per heavy atom. The Morgan fingerprint density at radius 3 is 2.64 bits per heavy atom. The Balaban J connectivity index is 1.53. The molecule has 1 saturated heterocycles. The minimum Gasteiger partial charge on any atom is -0.493 e. The molecular formula is C28H36N2O3. The lowest BCUT2D eigenvalue weighted by molar-refractivity contribution is -0.118. The number of nitrogens with zero attached hydrogens (tertiary/aromatic N) is 1. The van der Waals surface area contributed by atoms with E-state index in [-0.39, 0.29) is 11.3 Å². The molecular weight excluding hydrogens is 412 g/mol. The van der Waals surface area contributed by atoms with Crippen molar-refractivity contribution >= 4 is 17.7 Å². The average Bonchev–Trinajstić information content (AvgIpc) is 3.25. The third-order valence-corrected chi connectivity index (χ3v) is 7.09. The first-order valence-corrected chi connectivity index (χ1v) is 12.1. The number of hydrogen-bond donors (Lipinski definition) is 1. The second kappa shape index (κ2) is 9.50. The van der Waals surface area contributed by atoms with Gasteiger partial charge in [0.05, 0.1) is 20.3 Å². The van der Waals surface area contributed by atoms with Crippen molar-refractivity contribution in [2.45, 2.75) is 64.0 Å². The lowest BCUT2D eigenvalue weighted by atomic mass is 9.75. The van der Waals surface area contributed by atoms with E-state index in [1.165, 1.54) is 31.2 Å². The molecule has 0 spiro atoms. The monoisotopic (exact) mass is 448 g/mol. The van der Waals surface area contributed by atoms with Crippen LogP contribution >= 0.6 is 0 Å². The first-order valence-electron chi connectivity index (χ1n) is 12.1. The summed E-state index contributed by atoms with van der Waals surface area (Å²) in [5, 5.41) is 3.27. The smallest absolute Gasteiger partial charge is 0.241 e. The van der Waals surface area contributed by atoms with Crippen molar-refractivity contribution < 1.29 is 14.3 Å². The van der Waals surface area contributed by atoms with Gasteiger partial charge in [-0.2, -0.15) is 0 Å². The Hall–Kier alpha value is -2.95. The maximum atomic E-state index is 12.5. The molecule has 2 aliphatic rings. The van der Waals surface area contributed by atoms with Gasteiger partial charge in [-0.15, -0.1) is 0 Å². The second-order valence-corrected chi connectivity index (χ2v) is 9.55. The molecule has 0 aliphatic carbocycles. The predicted molar refractivity (Wildman–Crippen MR) is 134 cm³/mol. The molecule has 4 rings (SSSR count). The zero-order valence-electron chi connectivity index (χ0n) is 20.3. The van der Waals surface area contributed by atoms with E-state index in [0.717, 1.165) is 29.2 Å². The van der Waals surface area contributed by atoms with Crippen LogP contribution in [-0.4, -0.2) is 31.8 Å². The number of ether oxygens (including phenoxy) is 2. The van der Waals surface area contributed by atoms with Crippen LogP contribution in [0.4, 0.5) is 5.69 Å². The van der Waals surface area contributed by atoms with Crippen molar-refractivity contribution in [2.24, 2.45) is 0 Å². The van der Waals surface area contributed by atoms with Gasteiger partial charge in [-0.25, -0.2) is 0 Å². The molecule has 1 atom stereocenters. The molecule has 2 heterocycles. The van der Waals surface area contributed by atoms with Crippen LogP contribution in [0.3, 0.4) is 0 Å². The van der Waals surface area contributed by atoms with Crippen molar-refractivity contribution in [3.05, 3.63) is 59.7 Å². The second-order valence-electron chi connectivity index (χ2n) is 9.55. The molecule has 0 aromatic heterocycles. The summed E-state index contributed by atoms with van der Waals surface area (Å²) < 4.78 is 11.6. The number of amides is 1. The number of anilines is 1. The van der Waals surface area contributed by atoms with Gasteiger partial charge in [-0.1, -0.05) is 76.8 Å². The van der Waals surface area contributed by atoms with E-state index in [4.69, 9.17) is 9.47 Å². The molecule has 1 N–H and O–H groups in total. The summed E-state index contributed by atoms with van der Waals surface area (Å²) in [5.41, 5.74) is 2.48. The van der Waals surface area contributed by atoms with Gasteiger partial charge in [0.25, 0.3) is 0 Å². The van der Waals surface area contributed by atoms with E-state index < -0.39 is 5.66 Å². The van der Waals surface area contributed by atoms with Gasteiger partial charge in [-0.3, -0.25) is 4.79 Å². The number of benzene rings is 2. The van der Waals surface area contributed by atoms with Crippen molar-refractivity contribution in [1.29, 1.82) is 0 Å². The molecule has 2 aromatic carbocycles. The number of rotatable bonds is 10. The third kappa shape index (κ3) is 4.21. The average molecular weight is 449 g/mol. The number of nitrogens with one attached hydrogen (secondary N) is 1. The quantitative estimate of drug-likeness (QED) is 0.475. The molecule has 0 bridgehead atoms. The van der Waals surface area contributed by atoms with Gasteiger partial charge in [0.2, 0.25) is 5.91 Å². The van der Waals surface area contributed by atoms with E-state index in [1.807, 2.05) is 24.3 Å². The maximum Gasteiger partial charge on any atom is 0.241 e. The summed E-state index contributed by atoms with van der Waals surface area (Å²) >= 11 is 0. The van der Waals surface area contributed by atoms with Gasteiger partial charge >= 0.3 is 0 Å². The fourth-order valence-corrected chi connectivity index (χ4v) is 5.15. The molecule has 5 nitrogen and oxygen atoms in total. The van der Waals surface area contributed by atoms with E-state index in [0.29, 0.717) is 13.2 Å². The number of hydrogen-bond acceptors (Lipinski definition) is 4. The van der Waals surface area contributed by atoms with Crippen molar-refractivity contribution in [2.75, 3.05) is 25.2 Å². The summed E-state index contributed by atoms with van der Waals surface area (Å²) in [6, 6.07) is 14.4. The molecule has 176 valence electrons. The Morgan fingerprint density at radius 1 is 1.06 bits per heavy atom. The highest BCUT2D eigenvalue weighted by Crippen LogP contribution is 2.52. The van der Waals surface area contributed by atoms with E-state index in [9.17, 15) is 4.79 Å². The number of unbranched alkanes of at least 4 members (excludes halogenated alkanes) is 4. The van der Waals surface area contributed by atoms with E-state index >= 15 is 0 Å². The largest absolute Gasteiger partial charge is 0.493 e. The number of fused-ring (bicyclic) bond motifs is 3. The first kappa shape index (κ1) is 23.2. The van der Waals surface area contributed by atoms with Crippen LogP contribution in [0.25, 0.3) is 6.08 Å². The van der Waals surface area contributed by atoms with Crippen LogP contribution in [0.15, 0.2) is 48.5 Å². The van der Waals surface area contributed by atoms with Crippen LogP contribution in [0.1, 0.15) is 64.0 Å².